The molecule has 186 valence electrons. The second-order valence-electron chi connectivity index (χ2n) is 7.71. The Hall–Kier alpha value is -4.84. The van der Waals surface area contributed by atoms with Gasteiger partial charge in [-0.15, -0.1) is 0 Å². The van der Waals surface area contributed by atoms with Gasteiger partial charge in [-0.25, -0.2) is 0 Å². The lowest BCUT2D eigenvalue weighted by Crippen LogP contribution is -2.48. The normalized spacial score (nSPS) is 11.9. The minimum absolute atomic E-state index is 0.0845. The quantitative estimate of drug-likeness (QED) is 0.337. The van der Waals surface area contributed by atoms with Gasteiger partial charge in [0.25, 0.3) is 23.2 Å². The van der Waals surface area contributed by atoms with E-state index in [1.165, 1.54) is 58.3 Å². The molecule has 0 aromatic heterocycles. The summed E-state index contributed by atoms with van der Waals surface area (Å²) in [4.78, 5) is 49.6. The van der Waals surface area contributed by atoms with Crippen molar-refractivity contribution in [3.8, 4) is 12.1 Å². The van der Waals surface area contributed by atoms with Crippen molar-refractivity contribution in [2.24, 2.45) is 0 Å². The highest BCUT2D eigenvalue weighted by Crippen LogP contribution is 2.19. The van der Waals surface area contributed by atoms with Crippen LogP contribution in [0.3, 0.4) is 0 Å². The van der Waals surface area contributed by atoms with Crippen molar-refractivity contribution >= 4 is 23.2 Å². The molecular formula is C24H24N6O6. The number of benzene rings is 2. The minimum atomic E-state index is -0.841. The molecule has 0 aliphatic carbocycles. The number of nitro groups is 2. The molecule has 12 nitrogen and oxygen atoms in total. The highest BCUT2D eigenvalue weighted by molar-refractivity contribution is 5.96. The number of hydrogen-bond donors (Lipinski definition) is 0. The van der Waals surface area contributed by atoms with E-state index in [-0.39, 0.29) is 35.6 Å². The first-order valence-electron chi connectivity index (χ1n) is 11.1. The molecule has 12 heteroatoms. The highest BCUT2D eigenvalue weighted by atomic mass is 16.6. The van der Waals surface area contributed by atoms with Gasteiger partial charge in [0.1, 0.15) is 12.1 Å². The SMILES string of the molecule is CCC(C#N)N(CCN(C(=O)c1ccc([N+](=O)[O-])cc1)C(C#N)CC)C(=O)c1ccc([N+](=O)[O-])cc1. The molecule has 0 radical (unpaired) electrons. The Morgan fingerprint density at radius 2 is 1.06 bits per heavy atom. The molecule has 2 aromatic carbocycles. The van der Waals surface area contributed by atoms with Gasteiger partial charge >= 0.3 is 0 Å². The molecule has 0 saturated heterocycles. The van der Waals surface area contributed by atoms with Gasteiger partial charge in [-0.2, -0.15) is 10.5 Å². The molecule has 0 N–H and O–H groups in total. The molecule has 0 aliphatic heterocycles. The first kappa shape index (κ1) is 27.4. The van der Waals surface area contributed by atoms with Gasteiger partial charge in [0.2, 0.25) is 0 Å². The highest BCUT2D eigenvalue weighted by Gasteiger charge is 2.29. The predicted octanol–water partition coefficient (Wildman–Crippen LogP) is 3.69. The smallest absolute Gasteiger partial charge is 0.269 e. The van der Waals surface area contributed by atoms with Crippen LogP contribution in [-0.2, 0) is 0 Å². The van der Waals surface area contributed by atoms with Crippen LogP contribution < -0.4 is 0 Å². The summed E-state index contributed by atoms with van der Waals surface area (Å²) in [7, 11) is 0. The molecule has 36 heavy (non-hydrogen) atoms. The van der Waals surface area contributed by atoms with Crippen LogP contribution in [0.4, 0.5) is 11.4 Å². The van der Waals surface area contributed by atoms with Gasteiger partial charge in [-0.3, -0.25) is 29.8 Å². The van der Waals surface area contributed by atoms with Crippen molar-refractivity contribution in [3.05, 3.63) is 79.9 Å². The Labute approximate surface area is 207 Å². The second kappa shape index (κ2) is 12.6. The van der Waals surface area contributed by atoms with Crippen LogP contribution >= 0.6 is 0 Å². The van der Waals surface area contributed by atoms with Crippen LogP contribution in [0, 0.1) is 42.9 Å². The first-order chi connectivity index (χ1) is 17.2. The number of amides is 2. The molecule has 0 heterocycles. The molecule has 2 amide bonds. The van der Waals surface area contributed by atoms with E-state index >= 15 is 0 Å². The van der Waals surface area contributed by atoms with Gasteiger partial charge in [-0.1, -0.05) is 13.8 Å². The molecule has 0 aliphatic rings. The van der Waals surface area contributed by atoms with Crippen molar-refractivity contribution in [2.75, 3.05) is 13.1 Å². The molecule has 2 rings (SSSR count). The number of carbonyl (C=O) groups excluding carboxylic acids is 2. The second-order valence-corrected chi connectivity index (χ2v) is 7.71. The van der Waals surface area contributed by atoms with Gasteiger partial charge < -0.3 is 9.80 Å². The Kier molecular flexibility index (Phi) is 9.57. The number of carbonyl (C=O) groups is 2. The number of hydrogen-bond acceptors (Lipinski definition) is 8. The maximum atomic E-state index is 13.2. The van der Waals surface area contributed by atoms with E-state index in [2.05, 4.69) is 12.1 Å². The maximum Gasteiger partial charge on any atom is 0.269 e. The van der Waals surface area contributed by atoms with Crippen LogP contribution in [-0.4, -0.2) is 56.6 Å². The summed E-state index contributed by atoms with van der Waals surface area (Å²) in [5.41, 5.74) is -0.111. The van der Waals surface area contributed by atoms with E-state index < -0.39 is 33.7 Å². The Balaban J connectivity index is 2.35. The molecular weight excluding hydrogens is 468 g/mol. The van der Waals surface area contributed by atoms with E-state index in [4.69, 9.17) is 0 Å². The van der Waals surface area contributed by atoms with Crippen LogP contribution in [0.1, 0.15) is 47.4 Å². The van der Waals surface area contributed by atoms with Crippen LogP contribution in [0.2, 0.25) is 0 Å². The molecule has 2 atom stereocenters. The van der Waals surface area contributed by atoms with Crippen molar-refractivity contribution in [1.29, 1.82) is 10.5 Å². The van der Waals surface area contributed by atoms with Crippen molar-refractivity contribution in [3.63, 3.8) is 0 Å². The number of nitro benzene ring substituents is 2. The summed E-state index contributed by atoms with van der Waals surface area (Å²) < 4.78 is 0. The van der Waals surface area contributed by atoms with E-state index in [0.29, 0.717) is 12.8 Å². The van der Waals surface area contributed by atoms with Crippen molar-refractivity contribution in [1.82, 2.24) is 9.80 Å². The summed E-state index contributed by atoms with van der Waals surface area (Å²) in [6, 6.07) is 12.3. The molecule has 2 unspecified atom stereocenters. The maximum absolute atomic E-state index is 13.2. The average Bonchev–Trinajstić information content (AvgIpc) is 2.89. The zero-order chi connectivity index (χ0) is 26.8. The third-order valence-electron chi connectivity index (χ3n) is 5.58. The summed E-state index contributed by atoms with van der Waals surface area (Å²) in [6.45, 7) is 3.26. The van der Waals surface area contributed by atoms with Gasteiger partial charge in [-0.05, 0) is 37.1 Å². The zero-order valence-electron chi connectivity index (χ0n) is 19.7. The van der Waals surface area contributed by atoms with Crippen molar-refractivity contribution in [2.45, 2.75) is 38.8 Å². The lowest BCUT2D eigenvalue weighted by molar-refractivity contribution is -0.385. The number of non-ortho nitro benzene ring substituents is 2. The number of nitriles is 2. The largest absolute Gasteiger partial charge is 0.321 e. The molecule has 0 fully saturated rings. The summed E-state index contributed by atoms with van der Waals surface area (Å²) in [5, 5.41) is 41.1. The first-order valence-corrected chi connectivity index (χ1v) is 11.1. The summed E-state index contributed by atoms with van der Waals surface area (Å²) in [5.74, 6) is -1.10. The molecule has 0 saturated carbocycles. The summed E-state index contributed by atoms with van der Waals surface area (Å²) in [6.07, 6.45) is 0.585. The van der Waals surface area contributed by atoms with E-state index in [0.717, 1.165) is 0 Å². The minimum Gasteiger partial charge on any atom is -0.321 e. The monoisotopic (exact) mass is 492 g/mol. The predicted molar refractivity (Wildman–Crippen MR) is 128 cm³/mol. The van der Waals surface area contributed by atoms with E-state index in [1.54, 1.807) is 13.8 Å². The third kappa shape index (κ3) is 6.39. The standard InChI is InChI=1S/C24H24N6O6/c1-3-19(15-25)27(23(31)17-5-9-21(10-6-17)29(33)34)13-14-28(20(4-2)16-26)24(32)18-7-11-22(12-8-18)30(35)36/h5-12,19-20H,3-4,13-14H2,1-2H3. The van der Waals surface area contributed by atoms with Gasteiger partial charge in [0, 0.05) is 48.5 Å². The van der Waals surface area contributed by atoms with E-state index in [1.807, 2.05) is 0 Å². The summed E-state index contributed by atoms with van der Waals surface area (Å²) >= 11 is 0. The van der Waals surface area contributed by atoms with Crippen LogP contribution in [0.15, 0.2) is 48.5 Å². The lowest BCUT2D eigenvalue weighted by atomic mass is 10.1. The Morgan fingerprint density at radius 3 is 1.28 bits per heavy atom. The van der Waals surface area contributed by atoms with E-state index in [9.17, 15) is 40.3 Å². The Bertz CT molecular complexity index is 1100. The van der Waals surface area contributed by atoms with Crippen LogP contribution in [0.25, 0.3) is 0 Å². The fourth-order valence-corrected chi connectivity index (χ4v) is 3.56. The molecule has 0 spiro atoms. The van der Waals surface area contributed by atoms with Gasteiger partial charge in [0.05, 0.1) is 22.0 Å². The average molecular weight is 492 g/mol. The lowest BCUT2D eigenvalue weighted by Gasteiger charge is -2.32. The van der Waals surface area contributed by atoms with Gasteiger partial charge in [0.15, 0.2) is 0 Å². The van der Waals surface area contributed by atoms with Crippen LogP contribution in [0.5, 0.6) is 0 Å². The molecule has 2 aromatic rings. The fourth-order valence-electron chi connectivity index (χ4n) is 3.56. The topological polar surface area (TPSA) is 174 Å². The third-order valence-corrected chi connectivity index (χ3v) is 5.58. The zero-order valence-corrected chi connectivity index (χ0v) is 19.7. The van der Waals surface area contributed by atoms with Crippen molar-refractivity contribution < 1.29 is 19.4 Å². The Morgan fingerprint density at radius 1 is 0.750 bits per heavy atom. The molecule has 0 bridgehead atoms. The number of nitrogens with zero attached hydrogens (tertiary/aromatic N) is 6. The number of rotatable bonds is 11. The fraction of sp³-hybridized carbons (Fsp3) is 0.333.